The lowest BCUT2D eigenvalue weighted by atomic mass is 9.96. The number of hydrogen-bond donors (Lipinski definition) is 2. The van der Waals surface area contributed by atoms with Gasteiger partial charge in [-0.25, -0.2) is 4.39 Å². The summed E-state index contributed by atoms with van der Waals surface area (Å²) in [5, 5.41) is 0. The molecule has 4 atom stereocenters. The molecule has 0 spiro atoms. The first-order chi connectivity index (χ1) is 12.6. The van der Waals surface area contributed by atoms with Crippen molar-refractivity contribution in [1.82, 2.24) is 4.90 Å². The predicted molar refractivity (Wildman–Crippen MR) is 96.8 cm³/mol. The number of carbonyl (C=O) groups excluding carboxylic acids is 1. The fourth-order valence-electron chi connectivity index (χ4n) is 4.30. The highest BCUT2D eigenvalue weighted by atomic mass is 19.1. The Bertz CT molecular complexity index is 806. The van der Waals surface area contributed by atoms with Gasteiger partial charge in [-0.3, -0.25) is 9.79 Å². The number of ether oxygens (including phenoxy) is 1. The SMILES string of the molecule is CC1C2C1N(C(=O)/C(C1=NCCOC1)=C(/N)c1ccccc1F)[C@@H]2CN. The Morgan fingerprint density at radius 2 is 2.19 bits per heavy atom. The third-order valence-electron chi connectivity index (χ3n) is 5.71. The van der Waals surface area contributed by atoms with Crippen LogP contribution in [0, 0.1) is 17.7 Å². The van der Waals surface area contributed by atoms with Crippen molar-refractivity contribution < 1.29 is 13.9 Å². The summed E-state index contributed by atoms with van der Waals surface area (Å²) in [5.74, 6) is 0.206. The summed E-state index contributed by atoms with van der Waals surface area (Å²) in [5.41, 5.74) is 13.2. The van der Waals surface area contributed by atoms with Crippen LogP contribution >= 0.6 is 0 Å². The van der Waals surface area contributed by atoms with E-state index in [9.17, 15) is 9.18 Å². The Balaban J connectivity index is 1.77. The Kier molecular flexibility index (Phi) is 4.28. The van der Waals surface area contributed by atoms with Crippen LogP contribution in [-0.4, -0.2) is 54.9 Å². The molecule has 3 unspecified atom stereocenters. The number of aliphatic imine (C=N–C) groups is 1. The van der Waals surface area contributed by atoms with Crippen molar-refractivity contribution in [2.75, 3.05) is 26.3 Å². The number of nitrogens with two attached hydrogens (primary N) is 2. The zero-order valence-corrected chi connectivity index (χ0v) is 14.7. The lowest BCUT2D eigenvalue weighted by molar-refractivity contribution is -0.134. The fourth-order valence-corrected chi connectivity index (χ4v) is 4.30. The van der Waals surface area contributed by atoms with E-state index < -0.39 is 5.82 Å². The predicted octanol–water partition coefficient (Wildman–Crippen LogP) is 0.771. The minimum absolute atomic E-state index is 0.0102. The van der Waals surface area contributed by atoms with Crippen LogP contribution in [0.15, 0.2) is 34.8 Å². The molecule has 1 saturated carbocycles. The van der Waals surface area contributed by atoms with Crippen LogP contribution in [0.1, 0.15) is 12.5 Å². The number of halogens is 1. The Morgan fingerprint density at radius 1 is 1.42 bits per heavy atom. The van der Waals surface area contributed by atoms with Gasteiger partial charge in [0.15, 0.2) is 0 Å². The molecule has 0 radical (unpaired) electrons. The van der Waals surface area contributed by atoms with Crippen molar-refractivity contribution in [1.29, 1.82) is 0 Å². The second-order valence-corrected chi connectivity index (χ2v) is 7.09. The standard InChI is InChI=1S/C19H23FN4O2/c1-10-15-14(8-21)24(18(10)15)19(25)16(13-9-26-7-6-23-13)17(22)11-4-2-3-5-12(11)20/h2-5,10,14-15,18H,6-9,21-22H2,1H3/b17-16+/t10?,14-,15?,18?/m1/s1. The number of nitrogens with zero attached hydrogens (tertiary/aromatic N) is 2. The molecule has 26 heavy (non-hydrogen) atoms. The average molecular weight is 358 g/mol. The average Bonchev–Trinajstić information content (AvgIpc) is 3.19. The lowest BCUT2D eigenvalue weighted by Gasteiger charge is -2.40. The molecule has 1 aromatic rings. The monoisotopic (exact) mass is 358 g/mol. The smallest absolute Gasteiger partial charge is 0.258 e. The zero-order chi connectivity index (χ0) is 18.4. The highest BCUT2D eigenvalue weighted by molar-refractivity contribution is 6.27. The molecular weight excluding hydrogens is 335 g/mol. The molecule has 6 nitrogen and oxygen atoms in total. The third kappa shape index (κ3) is 2.54. The third-order valence-corrected chi connectivity index (χ3v) is 5.71. The molecule has 1 aliphatic carbocycles. The highest BCUT2D eigenvalue weighted by Gasteiger charge is 2.67. The summed E-state index contributed by atoms with van der Waals surface area (Å²) < 4.78 is 19.8. The van der Waals surface area contributed by atoms with Crippen molar-refractivity contribution in [2.45, 2.75) is 19.0 Å². The minimum atomic E-state index is -0.468. The number of likely N-dealkylation sites (tertiary alicyclic amines) is 1. The minimum Gasteiger partial charge on any atom is -0.397 e. The first-order valence-electron chi connectivity index (χ1n) is 8.95. The van der Waals surface area contributed by atoms with Gasteiger partial charge in [-0.2, -0.15) is 0 Å². The summed E-state index contributed by atoms with van der Waals surface area (Å²) in [6.07, 6.45) is 0. The fraction of sp³-hybridized carbons (Fsp3) is 0.474. The summed E-state index contributed by atoms with van der Waals surface area (Å²) >= 11 is 0. The number of carbonyl (C=O) groups is 1. The van der Waals surface area contributed by atoms with Crippen molar-refractivity contribution in [3.63, 3.8) is 0 Å². The first-order valence-corrected chi connectivity index (χ1v) is 8.95. The molecule has 0 aromatic heterocycles. The maximum Gasteiger partial charge on any atom is 0.258 e. The van der Waals surface area contributed by atoms with Gasteiger partial charge in [0, 0.05) is 30.1 Å². The van der Waals surface area contributed by atoms with Gasteiger partial charge in [-0.15, -0.1) is 0 Å². The summed E-state index contributed by atoms with van der Waals surface area (Å²) in [4.78, 5) is 19.6. The van der Waals surface area contributed by atoms with Gasteiger partial charge in [0.1, 0.15) is 5.82 Å². The van der Waals surface area contributed by atoms with Crippen molar-refractivity contribution >= 4 is 17.3 Å². The molecule has 2 heterocycles. The van der Waals surface area contributed by atoms with Crippen LogP contribution in [0.4, 0.5) is 4.39 Å². The molecule has 1 aromatic carbocycles. The van der Waals surface area contributed by atoms with E-state index in [1.54, 1.807) is 23.1 Å². The number of hydrogen-bond acceptors (Lipinski definition) is 5. The van der Waals surface area contributed by atoms with Gasteiger partial charge in [0.05, 0.1) is 36.7 Å². The van der Waals surface area contributed by atoms with Gasteiger partial charge >= 0.3 is 0 Å². The maximum absolute atomic E-state index is 14.3. The molecule has 138 valence electrons. The molecule has 0 bridgehead atoms. The van der Waals surface area contributed by atoms with Crippen LogP contribution < -0.4 is 11.5 Å². The van der Waals surface area contributed by atoms with Crippen LogP contribution in [0.2, 0.25) is 0 Å². The summed E-state index contributed by atoms with van der Waals surface area (Å²) in [6.45, 7) is 3.69. The van der Waals surface area contributed by atoms with Crippen LogP contribution in [0.25, 0.3) is 5.70 Å². The van der Waals surface area contributed by atoms with E-state index in [2.05, 4.69) is 11.9 Å². The van der Waals surface area contributed by atoms with E-state index in [1.807, 2.05) is 0 Å². The van der Waals surface area contributed by atoms with Gasteiger partial charge in [0.2, 0.25) is 0 Å². The number of fused-ring (bicyclic) bond motifs is 1. The van der Waals surface area contributed by atoms with E-state index in [0.717, 1.165) is 0 Å². The van der Waals surface area contributed by atoms with Crippen LogP contribution in [0.3, 0.4) is 0 Å². The quantitative estimate of drug-likeness (QED) is 0.778. The molecule has 1 saturated heterocycles. The molecule has 1 amide bonds. The topological polar surface area (TPSA) is 93.9 Å². The normalized spacial score (nSPS) is 30.7. The van der Waals surface area contributed by atoms with E-state index >= 15 is 0 Å². The second-order valence-electron chi connectivity index (χ2n) is 7.09. The van der Waals surface area contributed by atoms with Crippen molar-refractivity contribution in [2.24, 2.45) is 28.3 Å². The van der Waals surface area contributed by atoms with Gasteiger partial charge in [-0.1, -0.05) is 19.1 Å². The largest absolute Gasteiger partial charge is 0.397 e. The summed E-state index contributed by atoms with van der Waals surface area (Å²) in [7, 11) is 0. The van der Waals surface area contributed by atoms with Gasteiger partial charge < -0.3 is 21.1 Å². The summed E-state index contributed by atoms with van der Waals surface area (Å²) in [6, 6.07) is 6.39. The first kappa shape index (κ1) is 17.2. The molecular formula is C19H23FN4O2. The molecule has 2 aliphatic heterocycles. The molecule has 2 fully saturated rings. The number of rotatable bonds is 4. The number of benzene rings is 1. The number of amides is 1. The Morgan fingerprint density at radius 3 is 2.85 bits per heavy atom. The van der Waals surface area contributed by atoms with Gasteiger partial charge in [0.25, 0.3) is 5.91 Å². The Hall–Kier alpha value is -2.25. The molecule has 4 N–H and O–H groups in total. The highest BCUT2D eigenvalue weighted by Crippen LogP contribution is 2.57. The molecule has 4 rings (SSSR count). The second kappa shape index (κ2) is 6.48. The van der Waals surface area contributed by atoms with E-state index in [0.29, 0.717) is 37.2 Å². The zero-order valence-electron chi connectivity index (χ0n) is 14.7. The van der Waals surface area contributed by atoms with Crippen LogP contribution in [0.5, 0.6) is 0 Å². The molecule has 7 heteroatoms. The van der Waals surface area contributed by atoms with Gasteiger partial charge in [-0.05, 0) is 18.1 Å². The maximum atomic E-state index is 14.3. The van der Waals surface area contributed by atoms with Crippen molar-refractivity contribution in [3.8, 4) is 0 Å². The van der Waals surface area contributed by atoms with E-state index in [1.165, 1.54) is 6.07 Å². The molecule has 3 aliphatic rings. The van der Waals surface area contributed by atoms with Crippen LogP contribution in [-0.2, 0) is 9.53 Å². The van der Waals surface area contributed by atoms with E-state index in [4.69, 9.17) is 16.2 Å². The lowest BCUT2D eigenvalue weighted by Crippen LogP contribution is -2.57. The van der Waals surface area contributed by atoms with E-state index in [-0.39, 0.29) is 41.4 Å². The van der Waals surface area contributed by atoms with Crippen molar-refractivity contribution in [3.05, 3.63) is 41.2 Å². The Labute approximate surface area is 151 Å².